The number of hydrogen-bond acceptors (Lipinski definition) is 0. The lowest BCUT2D eigenvalue weighted by molar-refractivity contribution is 0.654. The Labute approximate surface area is 477 Å². The lowest BCUT2D eigenvalue weighted by Gasteiger charge is -2.23. The van der Waals surface area contributed by atoms with Crippen LogP contribution in [0.3, 0.4) is 0 Å². The molecule has 392 valence electrons. The summed E-state index contributed by atoms with van der Waals surface area (Å²) in [7, 11) is 0. The highest BCUT2D eigenvalue weighted by molar-refractivity contribution is 5.97. The van der Waals surface area contributed by atoms with Crippen LogP contribution in [-0.4, -0.2) is 9.13 Å². The first-order valence-corrected chi connectivity index (χ1v) is 29.0. The molecule has 2 heterocycles. The van der Waals surface area contributed by atoms with E-state index in [0.29, 0.717) is 0 Å². The van der Waals surface area contributed by atoms with Crippen LogP contribution in [0.25, 0.3) is 106 Å². The van der Waals surface area contributed by atoms with Gasteiger partial charge in [0, 0.05) is 33.0 Å². The van der Waals surface area contributed by atoms with E-state index in [9.17, 15) is 0 Å². The highest BCUT2D eigenvalue weighted by Crippen LogP contribution is 2.54. The Morgan fingerprint density at radius 3 is 1.11 bits per heavy atom. The minimum Gasteiger partial charge on any atom is -0.308 e. The van der Waals surface area contributed by atoms with Gasteiger partial charge >= 0.3 is 0 Å². The molecule has 4 aliphatic rings. The number of hydrogen-bond donors (Lipinski definition) is 0. The van der Waals surface area contributed by atoms with Crippen LogP contribution in [-0.2, 0) is 21.7 Å². The zero-order valence-electron chi connectivity index (χ0n) is 48.0. The summed E-state index contributed by atoms with van der Waals surface area (Å²) in [6.07, 6.45) is 6.45. The number of rotatable bonds is 8. The summed E-state index contributed by atoms with van der Waals surface area (Å²) in [5, 5.41) is 0. The Bertz CT molecular complexity index is 4600. The normalized spacial score (nSPS) is 16.1. The standard InChI is InChI=1S/C79H66N2/c1-11-21-64-56(12-2)60-36-32-50(42-68(60)76(64,3)4)48-22-19-24-52(40-48)72-46-74-75(80(72)54-34-38-62-58-27-14-17-30-66(58)78(7,8)70(62)44-54)47-73(81(74)55-35-39-63-59-28-15-18-31-67(59)79(9,10)71(63)45-55)53-25-20-23-49(41-53)51-33-37-61-57-26-13-16-29-65(57)77(5,6)69(61)43-51/h11-47H,2H2,1,3-10H3/b21-11-. The summed E-state index contributed by atoms with van der Waals surface area (Å²) in [5.74, 6) is 0. The largest absolute Gasteiger partial charge is 0.308 e. The van der Waals surface area contributed by atoms with Crippen molar-refractivity contribution in [2.45, 2.75) is 84.0 Å². The summed E-state index contributed by atoms with van der Waals surface area (Å²) < 4.78 is 5.11. The first-order chi connectivity index (χ1) is 39.1. The third-order valence-corrected chi connectivity index (χ3v) is 19.5. The highest BCUT2D eigenvalue weighted by atomic mass is 15.1. The first kappa shape index (κ1) is 49.1. The van der Waals surface area contributed by atoms with Gasteiger partial charge in [0.2, 0.25) is 0 Å². The van der Waals surface area contributed by atoms with Crippen molar-refractivity contribution in [2.75, 3.05) is 0 Å². The third kappa shape index (κ3) is 6.93. The van der Waals surface area contributed by atoms with Crippen LogP contribution >= 0.6 is 0 Å². The molecule has 11 aromatic rings. The maximum atomic E-state index is 4.27. The van der Waals surface area contributed by atoms with Gasteiger partial charge in [-0.3, -0.25) is 0 Å². The summed E-state index contributed by atoms with van der Waals surface area (Å²) in [4.78, 5) is 0. The molecule has 0 amide bonds. The quantitative estimate of drug-likeness (QED) is 0.144. The van der Waals surface area contributed by atoms with Crippen molar-refractivity contribution in [3.05, 3.63) is 281 Å². The predicted octanol–water partition coefficient (Wildman–Crippen LogP) is 20.8. The molecule has 0 saturated heterocycles. The average Bonchev–Trinajstić information content (AvgIpc) is 3.53. The lowest BCUT2D eigenvalue weighted by Crippen LogP contribution is -2.16. The molecule has 2 heteroatoms. The molecule has 0 spiro atoms. The molecule has 0 atom stereocenters. The first-order valence-electron chi connectivity index (χ1n) is 29.0. The predicted molar refractivity (Wildman–Crippen MR) is 342 cm³/mol. The van der Waals surface area contributed by atoms with E-state index in [1.54, 1.807) is 0 Å². The van der Waals surface area contributed by atoms with Crippen molar-refractivity contribution < 1.29 is 0 Å². The molecule has 0 N–H and O–H groups in total. The Balaban J connectivity index is 0.957. The maximum Gasteiger partial charge on any atom is 0.0724 e. The fourth-order valence-corrected chi connectivity index (χ4v) is 15.2. The average molecular weight is 1040 g/mol. The summed E-state index contributed by atoms with van der Waals surface area (Å²) in [5.41, 5.74) is 34.8. The van der Waals surface area contributed by atoms with Crippen LogP contribution in [0.1, 0.15) is 107 Å². The van der Waals surface area contributed by atoms with E-state index in [2.05, 4.69) is 296 Å². The topological polar surface area (TPSA) is 9.86 Å². The van der Waals surface area contributed by atoms with Gasteiger partial charge in [-0.25, -0.2) is 0 Å². The molecule has 0 radical (unpaired) electrons. The van der Waals surface area contributed by atoms with E-state index in [-0.39, 0.29) is 21.7 Å². The summed E-state index contributed by atoms with van der Waals surface area (Å²) >= 11 is 0. The second-order valence-electron chi connectivity index (χ2n) is 25.3. The van der Waals surface area contributed by atoms with Gasteiger partial charge in [0.25, 0.3) is 0 Å². The van der Waals surface area contributed by atoms with Gasteiger partial charge in [-0.05, 0) is 190 Å². The number of aromatic nitrogens is 2. The molecule has 81 heavy (non-hydrogen) atoms. The molecule has 0 aliphatic heterocycles. The van der Waals surface area contributed by atoms with Crippen molar-refractivity contribution in [2.24, 2.45) is 0 Å². The molecule has 15 rings (SSSR count). The SMILES string of the molecule is C=CC1=C(/C=C\C)C(C)(C)c2cc(-c3cccc(-c4cc5c(cc(-c6cccc(-c7ccc8c(c7)C(C)(C)c7ccccc7-8)c6)n5-c5ccc6c(c5)C(C)(C)c5ccccc5-6)n4-c4ccc5c(c4)C(C)(C)c4ccccc4-5)c3)ccc21. The summed E-state index contributed by atoms with van der Waals surface area (Å²) in [6, 6.07) is 79.0. The van der Waals surface area contributed by atoms with Crippen LogP contribution in [0, 0.1) is 0 Å². The molecule has 4 aliphatic carbocycles. The zero-order valence-corrected chi connectivity index (χ0v) is 48.0. The molecular formula is C79H66N2. The van der Waals surface area contributed by atoms with Crippen molar-refractivity contribution in [1.82, 2.24) is 9.13 Å². The minimum absolute atomic E-state index is 0.0975. The molecule has 2 nitrogen and oxygen atoms in total. The monoisotopic (exact) mass is 1040 g/mol. The number of benzene rings is 9. The van der Waals surface area contributed by atoms with Gasteiger partial charge in [-0.1, -0.05) is 226 Å². The van der Waals surface area contributed by atoms with E-state index < -0.39 is 0 Å². The van der Waals surface area contributed by atoms with Crippen molar-refractivity contribution in [3.8, 4) is 89.5 Å². The fourth-order valence-electron chi connectivity index (χ4n) is 15.2. The van der Waals surface area contributed by atoms with Crippen LogP contribution in [0.2, 0.25) is 0 Å². The van der Waals surface area contributed by atoms with Gasteiger partial charge in [-0.15, -0.1) is 0 Å². The van der Waals surface area contributed by atoms with E-state index in [0.717, 1.165) is 39.4 Å². The van der Waals surface area contributed by atoms with Gasteiger partial charge < -0.3 is 9.13 Å². The minimum atomic E-state index is -0.176. The molecule has 0 unspecified atom stereocenters. The number of fused-ring (bicyclic) bond motifs is 11. The third-order valence-electron chi connectivity index (χ3n) is 19.5. The van der Waals surface area contributed by atoms with Crippen LogP contribution in [0.4, 0.5) is 0 Å². The van der Waals surface area contributed by atoms with Gasteiger partial charge in [0.15, 0.2) is 0 Å². The van der Waals surface area contributed by atoms with E-state index in [1.165, 1.54) is 117 Å². The molecule has 9 aromatic carbocycles. The van der Waals surface area contributed by atoms with Crippen LogP contribution < -0.4 is 0 Å². The van der Waals surface area contributed by atoms with Gasteiger partial charge in [0.1, 0.15) is 0 Å². The number of nitrogens with zero attached hydrogens (tertiary/aromatic N) is 2. The number of allylic oxidation sites excluding steroid dienone is 5. The Kier molecular flexibility index (Phi) is 10.5. The van der Waals surface area contributed by atoms with Gasteiger partial charge in [0.05, 0.1) is 22.4 Å². The summed E-state index contributed by atoms with van der Waals surface area (Å²) in [6.45, 7) is 25.4. The Hall–Kier alpha value is -8.98. The van der Waals surface area contributed by atoms with E-state index in [4.69, 9.17) is 0 Å². The highest BCUT2D eigenvalue weighted by Gasteiger charge is 2.40. The second-order valence-corrected chi connectivity index (χ2v) is 25.3. The van der Waals surface area contributed by atoms with Crippen LogP contribution in [0.15, 0.2) is 237 Å². The van der Waals surface area contributed by atoms with E-state index in [1.807, 2.05) is 6.08 Å². The van der Waals surface area contributed by atoms with Crippen molar-refractivity contribution in [1.29, 1.82) is 0 Å². The fraction of sp³-hybridized carbons (Fsp3) is 0.165. The zero-order chi connectivity index (χ0) is 55.5. The Morgan fingerprint density at radius 1 is 0.321 bits per heavy atom. The smallest absolute Gasteiger partial charge is 0.0724 e. The molecule has 2 aromatic heterocycles. The lowest BCUT2D eigenvalue weighted by atomic mass is 9.80. The van der Waals surface area contributed by atoms with E-state index >= 15 is 0 Å². The van der Waals surface area contributed by atoms with Crippen LogP contribution in [0.5, 0.6) is 0 Å². The molecule has 0 bridgehead atoms. The maximum absolute atomic E-state index is 4.27. The van der Waals surface area contributed by atoms with Crippen molar-refractivity contribution >= 4 is 16.6 Å². The molecule has 0 fully saturated rings. The van der Waals surface area contributed by atoms with Gasteiger partial charge in [-0.2, -0.15) is 0 Å². The molecular weight excluding hydrogens is 977 g/mol. The second kappa shape index (κ2) is 17.3. The Morgan fingerprint density at radius 2 is 0.679 bits per heavy atom. The van der Waals surface area contributed by atoms with Crippen molar-refractivity contribution in [3.63, 3.8) is 0 Å². The molecule has 0 saturated carbocycles.